The number of nitrogens with zero attached hydrogens (tertiary/aromatic N) is 4. The van der Waals surface area contributed by atoms with Crippen LogP contribution >= 0.6 is 12.2 Å². The van der Waals surface area contributed by atoms with Gasteiger partial charge in [0, 0.05) is 6.07 Å². The van der Waals surface area contributed by atoms with Crippen LogP contribution in [-0.4, -0.2) is 32.7 Å². The quantitative estimate of drug-likeness (QED) is 0.291. The molecule has 0 aliphatic carbocycles. The number of allylic oxidation sites excluding steroid dienone is 1. The van der Waals surface area contributed by atoms with Gasteiger partial charge in [-0.15, -0.1) is 0 Å². The fraction of sp³-hybridized carbons (Fsp3) is 0.172. The summed E-state index contributed by atoms with van der Waals surface area (Å²) in [6.45, 7) is 6.73. The lowest BCUT2D eigenvalue weighted by Crippen LogP contribution is -2.33. The first-order chi connectivity index (χ1) is 17.0. The van der Waals surface area contributed by atoms with Crippen molar-refractivity contribution in [2.75, 3.05) is 6.61 Å². The van der Waals surface area contributed by atoms with Crippen LogP contribution in [0.25, 0.3) is 17.1 Å². The summed E-state index contributed by atoms with van der Waals surface area (Å²) < 4.78 is 7.98. The van der Waals surface area contributed by atoms with Gasteiger partial charge in [0.15, 0.2) is 0 Å². The molecule has 4 aromatic rings. The normalized spacial score (nSPS) is 14.0. The molecule has 5 rings (SSSR count). The SMILES string of the molecule is CCOc1ccc2c(c1)nc(C=C(C)C)n2C1C(c2ccccc2)=NC(=S)N=C1c1ccccc1. The standard InChI is InChI=1S/C29H26N4OS/c1-4-34-22-15-16-24-23(18-22)30-25(17-19(2)3)33(24)28-26(20-11-7-5-8-12-20)31-29(35)32-27(28)21-13-9-6-10-14-21/h5-18,28H,4H2,1-3H3. The van der Waals surface area contributed by atoms with Crippen molar-refractivity contribution in [3.05, 3.63) is 101 Å². The Bertz CT molecular complexity index is 1420. The van der Waals surface area contributed by atoms with Gasteiger partial charge in [-0.2, -0.15) is 0 Å². The molecule has 0 atom stereocenters. The van der Waals surface area contributed by atoms with Gasteiger partial charge in [0.1, 0.15) is 17.6 Å². The lowest BCUT2D eigenvalue weighted by molar-refractivity contribution is 0.340. The fourth-order valence-electron chi connectivity index (χ4n) is 4.38. The Kier molecular flexibility index (Phi) is 6.38. The predicted molar refractivity (Wildman–Crippen MR) is 148 cm³/mol. The molecule has 0 fully saturated rings. The van der Waals surface area contributed by atoms with E-state index in [9.17, 15) is 0 Å². The Hall–Kier alpha value is -3.90. The van der Waals surface area contributed by atoms with Crippen molar-refractivity contribution < 1.29 is 4.74 Å². The number of hydrogen-bond acceptors (Lipinski definition) is 3. The Labute approximate surface area is 210 Å². The van der Waals surface area contributed by atoms with Crippen molar-refractivity contribution in [1.82, 2.24) is 9.55 Å². The van der Waals surface area contributed by atoms with Gasteiger partial charge in [-0.05, 0) is 62.3 Å². The molecule has 5 nitrogen and oxygen atoms in total. The zero-order valence-electron chi connectivity index (χ0n) is 20.0. The van der Waals surface area contributed by atoms with Gasteiger partial charge in [0.2, 0.25) is 5.11 Å². The summed E-state index contributed by atoms with van der Waals surface area (Å²) in [7, 11) is 0. The third-order valence-electron chi connectivity index (χ3n) is 5.76. The number of aromatic nitrogens is 2. The topological polar surface area (TPSA) is 51.8 Å². The minimum atomic E-state index is -0.319. The average Bonchev–Trinajstić information content (AvgIpc) is 3.21. The summed E-state index contributed by atoms with van der Waals surface area (Å²) in [5.41, 5.74) is 6.68. The maximum Gasteiger partial charge on any atom is 0.219 e. The predicted octanol–water partition coefficient (Wildman–Crippen LogP) is 6.68. The second kappa shape index (κ2) is 9.76. The van der Waals surface area contributed by atoms with E-state index in [4.69, 9.17) is 31.9 Å². The van der Waals surface area contributed by atoms with E-state index in [0.29, 0.717) is 11.7 Å². The van der Waals surface area contributed by atoms with Crippen molar-refractivity contribution >= 4 is 45.9 Å². The summed E-state index contributed by atoms with van der Waals surface area (Å²) in [5, 5.41) is 0.325. The number of ether oxygens (including phenoxy) is 1. The van der Waals surface area contributed by atoms with E-state index in [1.165, 1.54) is 0 Å². The van der Waals surface area contributed by atoms with E-state index in [2.05, 4.69) is 54.8 Å². The van der Waals surface area contributed by atoms with Crippen molar-refractivity contribution in [3.63, 3.8) is 0 Å². The largest absolute Gasteiger partial charge is 0.494 e. The molecule has 0 saturated heterocycles. The monoisotopic (exact) mass is 478 g/mol. The number of imidazole rings is 1. The third kappa shape index (κ3) is 4.57. The molecule has 0 bridgehead atoms. The van der Waals surface area contributed by atoms with Crippen LogP contribution in [0.3, 0.4) is 0 Å². The highest BCUT2D eigenvalue weighted by Crippen LogP contribution is 2.33. The number of thiocarbonyl (C=S) groups is 1. The van der Waals surface area contributed by atoms with E-state index in [1.807, 2.05) is 55.5 Å². The first kappa shape index (κ1) is 22.9. The molecule has 0 saturated carbocycles. The maximum atomic E-state index is 5.76. The summed E-state index contributed by atoms with van der Waals surface area (Å²) in [4.78, 5) is 14.6. The molecule has 35 heavy (non-hydrogen) atoms. The Morgan fingerprint density at radius 3 is 2.06 bits per heavy atom. The van der Waals surface area contributed by atoms with Gasteiger partial charge in [-0.25, -0.2) is 15.0 Å². The molecule has 1 aliphatic rings. The van der Waals surface area contributed by atoms with Crippen molar-refractivity contribution in [2.45, 2.75) is 26.8 Å². The van der Waals surface area contributed by atoms with E-state index >= 15 is 0 Å². The molecule has 0 unspecified atom stereocenters. The van der Waals surface area contributed by atoms with Crippen LogP contribution < -0.4 is 4.74 Å². The summed E-state index contributed by atoms with van der Waals surface area (Å²) >= 11 is 5.56. The molecule has 0 N–H and O–H groups in total. The van der Waals surface area contributed by atoms with Crippen molar-refractivity contribution in [2.24, 2.45) is 9.98 Å². The third-order valence-corrected chi connectivity index (χ3v) is 5.95. The lowest BCUT2D eigenvalue weighted by Gasteiger charge is -2.28. The van der Waals surface area contributed by atoms with Crippen LogP contribution in [0.15, 0.2) is 94.4 Å². The molecule has 0 radical (unpaired) electrons. The number of fused-ring (bicyclic) bond motifs is 1. The van der Waals surface area contributed by atoms with Crippen molar-refractivity contribution in [3.8, 4) is 5.75 Å². The summed E-state index contributed by atoms with van der Waals surface area (Å²) in [5.74, 6) is 1.63. The Balaban J connectivity index is 1.81. The lowest BCUT2D eigenvalue weighted by atomic mass is 9.93. The maximum absolute atomic E-state index is 5.76. The highest BCUT2D eigenvalue weighted by Gasteiger charge is 2.33. The number of hydrogen-bond donors (Lipinski definition) is 0. The first-order valence-electron chi connectivity index (χ1n) is 11.7. The summed E-state index contributed by atoms with van der Waals surface area (Å²) in [6.07, 6.45) is 2.10. The average molecular weight is 479 g/mol. The second-order valence-electron chi connectivity index (χ2n) is 8.56. The van der Waals surface area contributed by atoms with E-state index in [0.717, 1.165) is 50.7 Å². The van der Waals surface area contributed by atoms with Crippen LogP contribution in [0.2, 0.25) is 0 Å². The fourth-order valence-corrected chi connectivity index (χ4v) is 4.57. The molecule has 0 spiro atoms. The van der Waals surface area contributed by atoms with E-state index in [-0.39, 0.29) is 6.04 Å². The van der Waals surface area contributed by atoms with Crippen LogP contribution in [-0.2, 0) is 0 Å². The molecule has 3 aromatic carbocycles. The van der Waals surface area contributed by atoms with Gasteiger partial charge in [0.05, 0.1) is 29.1 Å². The second-order valence-corrected chi connectivity index (χ2v) is 8.92. The highest BCUT2D eigenvalue weighted by molar-refractivity contribution is 7.80. The molecule has 1 aliphatic heterocycles. The van der Waals surface area contributed by atoms with Crippen molar-refractivity contribution in [1.29, 1.82) is 0 Å². The molecule has 6 heteroatoms. The first-order valence-corrected chi connectivity index (χ1v) is 12.1. The number of rotatable bonds is 6. The summed E-state index contributed by atoms with van der Waals surface area (Å²) in [6, 6.07) is 26.1. The van der Waals surface area contributed by atoms with Gasteiger partial charge in [-0.3, -0.25) is 0 Å². The van der Waals surface area contributed by atoms with E-state index < -0.39 is 0 Å². The van der Waals surface area contributed by atoms with Crippen LogP contribution in [0, 0.1) is 0 Å². The van der Waals surface area contributed by atoms with Gasteiger partial charge in [-0.1, -0.05) is 66.2 Å². The molecular weight excluding hydrogens is 452 g/mol. The Morgan fingerprint density at radius 2 is 1.51 bits per heavy atom. The van der Waals surface area contributed by atoms with Crippen LogP contribution in [0.5, 0.6) is 5.75 Å². The van der Waals surface area contributed by atoms with Crippen LogP contribution in [0.1, 0.15) is 43.8 Å². The highest BCUT2D eigenvalue weighted by atomic mass is 32.1. The van der Waals surface area contributed by atoms with Gasteiger partial charge >= 0.3 is 0 Å². The zero-order chi connectivity index (χ0) is 24.4. The minimum absolute atomic E-state index is 0.319. The Morgan fingerprint density at radius 1 is 0.914 bits per heavy atom. The molecule has 0 amide bonds. The minimum Gasteiger partial charge on any atom is -0.494 e. The molecule has 1 aromatic heterocycles. The molecule has 2 heterocycles. The molecule has 174 valence electrons. The number of benzene rings is 3. The zero-order valence-corrected chi connectivity index (χ0v) is 20.8. The van der Waals surface area contributed by atoms with Gasteiger partial charge < -0.3 is 9.30 Å². The molecular formula is C29H26N4OS. The van der Waals surface area contributed by atoms with Gasteiger partial charge in [0.25, 0.3) is 0 Å². The smallest absolute Gasteiger partial charge is 0.219 e. The number of aliphatic imine (C=N–C) groups is 2. The van der Waals surface area contributed by atoms with E-state index in [1.54, 1.807) is 0 Å². The van der Waals surface area contributed by atoms with Crippen LogP contribution in [0.4, 0.5) is 0 Å².